The predicted octanol–water partition coefficient (Wildman–Crippen LogP) is 3.90. The Morgan fingerprint density at radius 3 is 2.68 bits per heavy atom. The number of nitrogens with zero attached hydrogens (tertiary/aromatic N) is 2. The van der Waals surface area contributed by atoms with Crippen molar-refractivity contribution < 1.29 is 4.74 Å². The Hall–Kier alpha value is -1.27. The van der Waals surface area contributed by atoms with Gasteiger partial charge in [-0.2, -0.15) is 5.10 Å². The predicted molar refractivity (Wildman–Crippen MR) is 101 cm³/mol. The van der Waals surface area contributed by atoms with Crippen molar-refractivity contribution >= 4 is 40.5 Å². The first-order valence-corrected chi connectivity index (χ1v) is 9.05. The Labute approximate surface area is 160 Å². The van der Waals surface area contributed by atoms with Gasteiger partial charge in [-0.3, -0.25) is 4.79 Å². The molecule has 2 aromatic rings. The average Bonchev–Trinajstić information content (AvgIpc) is 2.60. The smallest absolute Gasteiger partial charge is 0.287 e. The van der Waals surface area contributed by atoms with Gasteiger partial charge in [-0.15, -0.1) is 0 Å². The number of aryl methyl sites for hydroxylation is 1. The largest absolute Gasteiger partial charge is 0.381 e. The molecule has 0 atom stereocenters. The van der Waals surface area contributed by atoms with Crippen LogP contribution in [0, 0.1) is 0 Å². The van der Waals surface area contributed by atoms with E-state index in [1.54, 1.807) is 19.3 Å². The number of hydrogen-bond donors (Lipinski definition) is 1. The summed E-state index contributed by atoms with van der Waals surface area (Å²) in [6, 6.07) is 5.55. The van der Waals surface area contributed by atoms with Gasteiger partial charge in [0.05, 0.1) is 11.9 Å². The maximum Gasteiger partial charge on any atom is 0.287 e. The average molecular weight is 403 g/mol. The van der Waals surface area contributed by atoms with Crippen molar-refractivity contribution in [1.29, 1.82) is 0 Å². The Bertz CT molecular complexity index is 832. The number of anilines is 1. The van der Waals surface area contributed by atoms with Gasteiger partial charge in [-0.05, 0) is 30.5 Å². The molecule has 0 radical (unpaired) electrons. The van der Waals surface area contributed by atoms with Gasteiger partial charge in [0, 0.05) is 42.3 Å². The molecule has 2 heterocycles. The molecular formula is C17H18Cl3N3O2. The van der Waals surface area contributed by atoms with Crippen LogP contribution in [0.5, 0.6) is 0 Å². The first-order valence-electron chi connectivity index (χ1n) is 7.92. The highest BCUT2D eigenvalue weighted by molar-refractivity contribution is 6.35. The monoisotopic (exact) mass is 401 g/mol. The molecule has 0 aliphatic carbocycles. The fraction of sp³-hybridized carbons (Fsp3) is 0.412. The summed E-state index contributed by atoms with van der Waals surface area (Å²) in [6.07, 6.45) is 3.16. The Kier molecular flexibility index (Phi) is 5.58. The van der Waals surface area contributed by atoms with Crippen LogP contribution in [-0.2, 0) is 17.2 Å². The standard InChI is InChI=1S/C17H18Cl3N3O2/c1-23-16(24)15(20)14(9-22-23)21-10-17(4-6-25-7-5-17)12-3-2-11(18)8-13(12)19/h2-3,8-9,21H,4-7,10H2,1H3. The van der Waals surface area contributed by atoms with Gasteiger partial charge in [0.1, 0.15) is 5.02 Å². The van der Waals surface area contributed by atoms with Crippen molar-refractivity contribution in [1.82, 2.24) is 9.78 Å². The summed E-state index contributed by atoms with van der Waals surface area (Å²) >= 11 is 18.7. The van der Waals surface area contributed by atoms with Crippen LogP contribution in [0.15, 0.2) is 29.2 Å². The second-order valence-corrected chi connectivity index (χ2v) is 7.39. The molecule has 0 amide bonds. The summed E-state index contributed by atoms with van der Waals surface area (Å²) in [5.74, 6) is 0. The van der Waals surface area contributed by atoms with Gasteiger partial charge >= 0.3 is 0 Å². The minimum absolute atomic E-state index is 0.127. The molecule has 5 nitrogen and oxygen atoms in total. The van der Waals surface area contributed by atoms with Crippen molar-refractivity contribution in [3.05, 3.63) is 55.4 Å². The Morgan fingerprint density at radius 2 is 2.00 bits per heavy atom. The molecule has 1 aliphatic heterocycles. The van der Waals surface area contributed by atoms with Crippen molar-refractivity contribution in [2.45, 2.75) is 18.3 Å². The number of benzene rings is 1. The summed E-state index contributed by atoms with van der Waals surface area (Å²) in [7, 11) is 1.56. The lowest BCUT2D eigenvalue weighted by molar-refractivity contribution is 0.0544. The fourth-order valence-electron chi connectivity index (χ4n) is 3.12. The third-order valence-electron chi connectivity index (χ3n) is 4.65. The van der Waals surface area contributed by atoms with Gasteiger partial charge in [0.25, 0.3) is 5.56 Å². The van der Waals surface area contributed by atoms with Crippen molar-refractivity contribution in [2.24, 2.45) is 7.05 Å². The number of ether oxygens (including phenoxy) is 1. The van der Waals surface area contributed by atoms with Crippen LogP contribution in [0.3, 0.4) is 0 Å². The molecule has 1 fully saturated rings. The van der Waals surface area contributed by atoms with Crippen LogP contribution in [0.4, 0.5) is 5.69 Å². The number of hydrogen-bond acceptors (Lipinski definition) is 4. The zero-order chi connectivity index (χ0) is 18.0. The van der Waals surface area contributed by atoms with Gasteiger partial charge in [-0.25, -0.2) is 4.68 Å². The van der Waals surface area contributed by atoms with Crippen LogP contribution >= 0.6 is 34.8 Å². The van der Waals surface area contributed by atoms with Crippen LogP contribution in [-0.4, -0.2) is 29.5 Å². The number of halogens is 3. The minimum atomic E-state index is -0.336. The summed E-state index contributed by atoms with van der Waals surface area (Å²) in [5.41, 5.74) is 0.963. The molecule has 0 unspecified atom stereocenters. The van der Waals surface area contributed by atoms with Gasteiger partial charge in [0.15, 0.2) is 0 Å². The number of nitrogens with one attached hydrogen (secondary N) is 1. The van der Waals surface area contributed by atoms with Crippen LogP contribution < -0.4 is 10.9 Å². The summed E-state index contributed by atoms with van der Waals surface area (Å²) in [6.45, 7) is 1.85. The van der Waals surface area contributed by atoms with Crippen molar-refractivity contribution in [3.8, 4) is 0 Å². The topological polar surface area (TPSA) is 56.1 Å². The maximum absolute atomic E-state index is 12.0. The van der Waals surface area contributed by atoms with Crippen LogP contribution in [0.25, 0.3) is 0 Å². The number of rotatable bonds is 4. The highest BCUT2D eigenvalue weighted by Crippen LogP contribution is 2.40. The molecule has 1 aromatic carbocycles. The first-order chi connectivity index (χ1) is 11.9. The molecule has 1 aromatic heterocycles. The highest BCUT2D eigenvalue weighted by atomic mass is 35.5. The lowest BCUT2D eigenvalue weighted by Crippen LogP contribution is -2.40. The highest BCUT2D eigenvalue weighted by Gasteiger charge is 2.36. The maximum atomic E-state index is 12.0. The van der Waals surface area contributed by atoms with Crippen molar-refractivity contribution in [2.75, 3.05) is 25.1 Å². The summed E-state index contributed by atoms with van der Waals surface area (Å²) in [4.78, 5) is 12.0. The first kappa shape index (κ1) is 18.5. The van der Waals surface area contributed by atoms with E-state index in [0.29, 0.717) is 35.5 Å². The molecule has 1 saturated heterocycles. The molecule has 8 heteroatoms. The van der Waals surface area contributed by atoms with E-state index >= 15 is 0 Å². The lowest BCUT2D eigenvalue weighted by Gasteiger charge is -2.38. The van der Waals surface area contributed by atoms with Gasteiger partial charge in [-0.1, -0.05) is 40.9 Å². The Morgan fingerprint density at radius 1 is 1.28 bits per heavy atom. The van der Waals surface area contributed by atoms with E-state index in [4.69, 9.17) is 39.5 Å². The second-order valence-electron chi connectivity index (χ2n) is 6.17. The van der Waals surface area contributed by atoms with E-state index in [-0.39, 0.29) is 16.0 Å². The molecule has 3 rings (SSSR count). The third-order valence-corrected chi connectivity index (χ3v) is 5.56. The molecule has 25 heavy (non-hydrogen) atoms. The van der Waals surface area contributed by atoms with Crippen molar-refractivity contribution in [3.63, 3.8) is 0 Å². The van der Waals surface area contributed by atoms with Gasteiger partial charge in [0.2, 0.25) is 0 Å². The molecule has 134 valence electrons. The normalized spacial score (nSPS) is 16.6. The van der Waals surface area contributed by atoms with E-state index in [2.05, 4.69) is 10.4 Å². The number of aromatic nitrogens is 2. The third kappa shape index (κ3) is 3.80. The van der Waals surface area contributed by atoms with E-state index < -0.39 is 0 Å². The molecule has 0 saturated carbocycles. The van der Waals surface area contributed by atoms with E-state index in [9.17, 15) is 4.79 Å². The zero-order valence-electron chi connectivity index (χ0n) is 13.7. The lowest BCUT2D eigenvalue weighted by atomic mass is 9.74. The van der Waals surface area contributed by atoms with E-state index in [1.807, 2.05) is 12.1 Å². The molecular weight excluding hydrogens is 385 g/mol. The van der Waals surface area contributed by atoms with Crippen LogP contribution in [0.1, 0.15) is 18.4 Å². The van der Waals surface area contributed by atoms with Gasteiger partial charge < -0.3 is 10.1 Å². The van der Waals surface area contributed by atoms with E-state index in [1.165, 1.54) is 4.68 Å². The fourth-order valence-corrected chi connectivity index (χ4v) is 3.97. The Balaban J connectivity index is 1.92. The SMILES string of the molecule is Cn1ncc(NCC2(c3ccc(Cl)cc3Cl)CCOCC2)c(Cl)c1=O. The molecule has 0 bridgehead atoms. The zero-order valence-corrected chi connectivity index (χ0v) is 16.0. The molecule has 1 N–H and O–H groups in total. The summed E-state index contributed by atoms with van der Waals surface area (Å²) < 4.78 is 6.73. The molecule has 0 spiro atoms. The summed E-state index contributed by atoms with van der Waals surface area (Å²) in [5, 5.41) is 8.65. The molecule has 1 aliphatic rings. The quantitative estimate of drug-likeness (QED) is 0.842. The van der Waals surface area contributed by atoms with E-state index in [0.717, 1.165) is 18.4 Å². The minimum Gasteiger partial charge on any atom is -0.381 e. The van der Waals surface area contributed by atoms with Crippen LogP contribution in [0.2, 0.25) is 15.1 Å². The second kappa shape index (κ2) is 7.54.